The fourth-order valence-electron chi connectivity index (χ4n) is 4.29. The number of oxime groups is 1. The van der Waals surface area contributed by atoms with Crippen LogP contribution in [0.1, 0.15) is 5.82 Å². The van der Waals surface area contributed by atoms with Gasteiger partial charge in [0.1, 0.15) is 24.2 Å². The topological polar surface area (TPSA) is 203 Å². The number of carboxylic acid groups (broad SMARTS) is 1. The van der Waals surface area contributed by atoms with Crippen LogP contribution in [0.3, 0.4) is 0 Å². The Balaban J connectivity index is 1.39. The molecular weight excluding hydrogens is 504 g/mol. The SMILES string of the molecule is CON=C(C(=O)NC1C(=O)N2C(C(=O)O)=C(C[n+]3cccc4c(N)cccc43)CS[C@@H]12)c1noc(N)n1. The summed E-state index contributed by atoms with van der Waals surface area (Å²) in [6, 6.07) is 7.94. The third-order valence-corrected chi connectivity index (χ3v) is 7.24. The average molecular weight is 526 g/mol. The van der Waals surface area contributed by atoms with Gasteiger partial charge in [-0.3, -0.25) is 14.5 Å². The molecule has 2 amide bonds. The lowest BCUT2D eigenvalue weighted by Crippen LogP contribution is -2.71. The number of aliphatic carboxylic acids is 1. The zero-order chi connectivity index (χ0) is 26.3. The number of thioether (sulfide) groups is 1. The summed E-state index contributed by atoms with van der Waals surface area (Å²) >= 11 is 1.34. The van der Waals surface area contributed by atoms with E-state index in [2.05, 4.69) is 30.0 Å². The number of nitrogens with two attached hydrogens (primary N) is 2. The quantitative estimate of drug-likeness (QED) is 0.101. The van der Waals surface area contributed by atoms with E-state index in [1.54, 1.807) is 6.07 Å². The molecule has 1 fully saturated rings. The van der Waals surface area contributed by atoms with E-state index in [0.29, 0.717) is 17.0 Å². The third-order valence-electron chi connectivity index (χ3n) is 5.90. The largest absolute Gasteiger partial charge is 0.477 e. The number of hydrogen-bond donors (Lipinski definition) is 4. The van der Waals surface area contributed by atoms with Gasteiger partial charge in [-0.05, 0) is 12.1 Å². The first-order valence-corrected chi connectivity index (χ1v) is 11.9. The second kappa shape index (κ2) is 9.42. The molecule has 190 valence electrons. The van der Waals surface area contributed by atoms with Gasteiger partial charge in [0.2, 0.25) is 17.1 Å². The predicted octanol–water partition coefficient (Wildman–Crippen LogP) is -0.536. The minimum Gasteiger partial charge on any atom is -0.477 e. The van der Waals surface area contributed by atoms with Gasteiger partial charge >= 0.3 is 12.0 Å². The molecule has 3 aromatic rings. The molecule has 1 saturated heterocycles. The van der Waals surface area contributed by atoms with E-state index in [0.717, 1.165) is 10.9 Å². The number of benzene rings is 1. The van der Waals surface area contributed by atoms with Gasteiger partial charge in [0.25, 0.3) is 11.8 Å². The fourth-order valence-corrected chi connectivity index (χ4v) is 5.63. The molecule has 0 saturated carbocycles. The van der Waals surface area contributed by atoms with Gasteiger partial charge in [0.05, 0.1) is 5.39 Å². The standard InChI is InChI=1S/C22H20N8O6S/c1-35-27-14(17-26-22(24)36-28-17)18(31)25-15-19(32)30-16(21(33)34)10(9-37-20(15)30)8-29-7-3-4-11-12(23)5-2-6-13(11)29/h2-7,15,20,23H,8-9H2,1H3,(H4,24,25,26,28,31,33,34)/p+1/t15?,20-/m0/s1. The molecular formula is C22H21N8O6S+. The van der Waals surface area contributed by atoms with Gasteiger partial charge < -0.3 is 31.3 Å². The maximum atomic E-state index is 13.1. The number of nitrogens with one attached hydrogen (secondary N) is 1. The van der Waals surface area contributed by atoms with Crippen LogP contribution in [0.5, 0.6) is 0 Å². The first-order valence-electron chi connectivity index (χ1n) is 10.9. The molecule has 0 aliphatic carbocycles. The van der Waals surface area contributed by atoms with Crippen LogP contribution in [0.4, 0.5) is 11.7 Å². The van der Waals surface area contributed by atoms with Crippen molar-refractivity contribution in [2.24, 2.45) is 5.16 Å². The first kappa shape index (κ1) is 24.1. The highest BCUT2D eigenvalue weighted by Gasteiger charge is 2.55. The maximum absolute atomic E-state index is 13.1. The molecule has 6 N–H and O–H groups in total. The van der Waals surface area contributed by atoms with Gasteiger partial charge in [0, 0.05) is 29.1 Å². The number of carbonyl (C=O) groups is 3. The Morgan fingerprint density at radius 1 is 1.35 bits per heavy atom. The van der Waals surface area contributed by atoms with Crippen LogP contribution in [0.2, 0.25) is 0 Å². The number of carboxylic acids is 1. The highest BCUT2D eigenvalue weighted by atomic mass is 32.2. The zero-order valence-corrected chi connectivity index (χ0v) is 20.1. The molecule has 2 aliphatic rings. The average Bonchev–Trinajstić information content (AvgIpc) is 3.31. The molecule has 2 aromatic heterocycles. The van der Waals surface area contributed by atoms with Gasteiger partial charge in [0.15, 0.2) is 12.7 Å². The van der Waals surface area contributed by atoms with Crippen molar-refractivity contribution in [3.8, 4) is 0 Å². The van der Waals surface area contributed by atoms with Crippen LogP contribution in [-0.2, 0) is 25.8 Å². The number of anilines is 2. The van der Waals surface area contributed by atoms with E-state index in [1.807, 2.05) is 35.0 Å². The minimum atomic E-state index is -1.23. The van der Waals surface area contributed by atoms with Crippen molar-refractivity contribution in [1.82, 2.24) is 20.4 Å². The summed E-state index contributed by atoms with van der Waals surface area (Å²) in [5.74, 6) is -2.51. The van der Waals surface area contributed by atoms with Crippen LogP contribution in [0, 0.1) is 0 Å². The molecule has 14 nitrogen and oxygen atoms in total. The summed E-state index contributed by atoms with van der Waals surface area (Å²) < 4.78 is 6.56. The van der Waals surface area contributed by atoms with Crippen molar-refractivity contribution >= 4 is 57.9 Å². The van der Waals surface area contributed by atoms with Crippen LogP contribution in [-0.4, -0.2) is 67.9 Å². The zero-order valence-electron chi connectivity index (χ0n) is 19.3. The lowest BCUT2D eigenvalue weighted by Gasteiger charge is -2.49. The van der Waals surface area contributed by atoms with Crippen LogP contribution < -0.4 is 21.4 Å². The van der Waals surface area contributed by atoms with E-state index in [9.17, 15) is 19.5 Å². The van der Waals surface area contributed by atoms with E-state index < -0.39 is 29.2 Å². The molecule has 37 heavy (non-hydrogen) atoms. The Hall–Kier alpha value is -4.66. The second-order valence-electron chi connectivity index (χ2n) is 8.11. The Labute approximate surface area is 212 Å². The molecule has 15 heteroatoms. The van der Waals surface area contributed by atoms with Crippen molar-refractivity contribution < 1.29 is 33.4 Å². The summed E-state index contributed by atoms with van der Waals surface area (Å²) in [6.07, 6.45) is 1.83. The van der Waals surface area contributed by atoms with Crippen molar-refractivity contribution in [2.75, 3.05) is 24.3 Å². The number of carbonyl (C=O) groups excluding carboxylic acids is 2. The number of pyridine rings is 1. The lowest BCUT2D eigenvalue weighted by molar-refractivity contribution is -0.663. The van der Waals surface area contributed by atoms with Crippen molar-refractivity contribution in [3.63, 3.8) is 0 Å². The number of β-lactam (4-membered cyclic amide) rings is 1. The molecule has 5 rings (SSSR count). The van der Waals surface area contributed by atoms with Crippen LogP contribution >= 0.6 is 11.8 Å². The highest BCUT2D eigenvalue weighted by Crippen LogP contribution is 2.40. The molecule has 2 atom stereocenters. The number of nitrogens with zero attached hydrogens (tertiary/aromatic N) is 5. The van der Waals surface area contributed by atoms with E-state index in [1.165, 1.54) is 23.8 Å². The Morgan fingerprint density at radius 3 is 2.86 bits per heavy atom. The number of amides is 2. The Bertz CT molecular complexity index is 1500. The molecule has 0 radical (unpaired) electrons. The van der Waals surface area contributed by atoms with Gasteiger partial charge in [-0.1, -0.05) is 16.4 Å². The smallest absolute Gasteiger partial charge is 0.352 e. The van der Waals surface area contributed by atoms with Crippen LogP contribution in [0.25, 0.3) is 10.9 Å². The monoisotopic (exact) mass is 525 g/mol. The number of nitrogen functional groups attached to an aromatic ring is 2. The minimum absolute atomic E-state index is 0.107. The summed E-state index contributed by atoms with van der Waals surface area (Å²) in [7, 11) is 1.22. The summed E-state index contributed by atoms with van der Waals surface area (Å²) in [4.78, 5) is 47.8. The number of aromatic nitrogens is 3. The molecule has 0 bridgehead atoms. The number of fused-ring (bicyclic) bond motifs is 2. The summed E-state index contributed by atoms with van der Waals surface area (Å²) in [6.45, 7) is 0.243. The van der Waals surface area contributed by atoms with Crippen molar-refractivity contribution in [3.05, 3.63) is 53.6 Å². The summed E-state index contributed by atoms with van der Waals surface area (Å²) in [5, 5.41) is 19.9. The van der Waals surface area contributed by atoms with E-state index in [-0.39, 0.29) is 29.8 Å². The first-order chi connectivity index (χ1) is 17.8. The van der Waals surface area contributed by atoms with Gasteiger partial charge in [-0.2, -0.15) is 9.55 Å². The maximum Gasteiger partial charge on any atom is 0.352 e. The molecule has 0 spiro atoms. The molecule has 4 heterocycles. The highest BCUT2D eigenvalue weighted by molar-refractivity contribution is 8.00. The molecule has 1 unspecified atom stereocenters. The normalized spacial score (nSPS) is 19.4. The predicted molar refractivity (Wildman–Crippen MR) is 130 cm³/mol. The van der Waals surface area contributed by atoms with Crippen molar-refractivity contribution in [2.45, 2.75) is 18.0 Å². The Morgan fingerprint density at radius 2 is 2.16 bits per heavy atom. The summed E-state index contributed by atoms with van der Waals surface area (Å²) in [5.41, 5.74) is 13.0. The third kappa shape index (κ3) is 4.18. The van der Waals surface area contributed by atoms with Gasteiger partial charge in [-0.25, -0.2) is 4.79 Å². The number of rotatable bonds is 7. The Kier molecular flexibility index (Phi) is 6.12. The molecule has 1 aromatic carbocycles. The van der Waals surface area contributed by atoms with Crippen molar-refractivity contribution in [1.29, 1.82) is 0 Å². The molecule has 2 aliphatic heterocycles. The fraction of sp³-hybridized carbons (Fsp3) is 0.227. The second-order valence-corrected chi connectivity index (χ2v) is 9.22. The lowest BCUT2D eigenvalue weighted by atomic mass is 10.0. The van der Waals surface area contributed by atoms with Crippen LogP contribution in [0.15, 0.2) is 57.5 Å². The number of hydrogen-bond acceptors (Lipinski definition) is 11. The van der Waals surface area contributed by atoms with E-state index >= 15 is 0 Å². The van der Waals surface area contributed by atoms with Gasteiger partial charge in [-0.15, -0.1) is 11.8 Å². The van der Waals surface area contributed by atoms with E-state index in [4.69, 9.17) is 11.5 Å².